The first kappa shape index (κ1) is 12.3. The van der Waals surface area contributed by atoms with Crippen molar-refractivity contribution in [2.24, 2.45) is 0 Å². The molecule has 0 aliphatic carbocycles. The summed E-state index contributed by atoms with van der Waals surface area (Å²) in [5, 5.41) is 4.60. The van der Waals surface area contributed by atoms with Gasteiger partial charge in [-0.05, 0) is 36.8 Å². The van der Waals surface area contributed by atoms with E-state index in [4.69, 9.17) is 4.42 Å². The van der Waals surface area contributed by atoms with E-state index < -0.39 is 0 Å². The number of aryl methyl sites for hydroxylation is 1. The fraction of sp³-hybridized carbons (Fsp3) is 0.125. The molecule has 2 nitrogen and oxygen atoms in total. The Kier molecular flexibility index (Phi) is 3.30. The van der Waals surface area contributed by atoms with E-state index in [0.29, 0.717) is 0 Å². The predicted molar refractivity (Wildman–Crippen MR) is 82.4 cm³/mol. The number of anilines is 1. The van der Waals surface area contributed by atoms with Crippen LogP contribution in [0.3, 0.4) is 0 Å². The van der Waals surface area contributed by atoms with Gasteiger partial charge in [-0.15, -0.1) is 0 Å². The largest absolute Gasteiger partial charge is 0.464 e. The highest BCUT2D eigenvalue weighted by atomic mass is 79.9. The fourth-order valence-corrected chi connectivity index (χ4v) is 2.37. The SMILES string of the molecule is Cc1cc(NCc2coc3ccccc23)ccc1Br. The van der Waals surface area contributed by atoms with Gasteiger partial charge < -0.3 is 9.73 Å². The molecule has 0 amide bonds. The van der Waals surface area contributed by atoms with Crippen LogP contribution < -0.4 is 5.32 Å². The van der Waals surface area contributed by atoms with Gasteiger partial charge in [-0.3, -0.25) is 0 Å². The Morgan fingerprint density at radius 1 is 1.16 bits per heavy atom. The third-order valence-electron chi connectivity index (χ3n) is 3.20. The van der Waals surface area contributed by atoms with Crippen molar-refractivity contribution in [1.82, 2.24) is 0 Å². The van der Waals surface area contributed by atoms with Gasteiger partial charge in [0.1, 0.15) is 5.58 Å². The average Bonchev–Trinajstić information content (AvgIpc) is 2.83. The molecule has 3 heteroatoms. The molecule has 0 atom stereocenters. The summed E-state index contributed by atoms with van der Waals surface area (Å²) in [4.78, 5) is 0. The molecule has 0 saturated carbocycles. The zero-order chi connectivity index (χ0) is 13.2. The Hall–Kier alpha value is -1.74. The number of para-hydroxylation sites is 1. The molecule has 1 aromatic heterocycles. The normalized spacial score (nSPS) is 10.8. The summed E-state index contributed by atoms with van der Waals surface area (Å²) in [7, 11) is 0. The molecule has 0 unspecified atom stereocenters. The van der Waals surface area contributed by atoms with E-state index in [2.05, 4.69) is 52.4 Å². The van der Waals surface area contributed by atoms with Crippen molar-refractivity contribution in [2.75, 3.05) is 5.32 Å². The summed E-state index contributed by atoms with van der Waals surface area (Å²) >= 11 is 3.51. The number of benzene rings is 2. The summed E-state index contributed by atoms with van der Waals surface area (Å²) in [6, 6.07) is 14.4. The number of furan rings is 1. The standard InChI is InChI=1S/C16H14BrNO/c1-11-8-13(6-7-15(11)17)18-9-12-10-19-16-5-3-2-4-14(12)16/h2-8,10,18H,9H2,1H3. The number of hydrogen-bond donors (Lipinski definition) is 1. The third-order valence-corrected chi connectivity index (χ3v) is 4.09. The first-order valence-electron chi connectivity index (χ1n) is 6.19. The van der Waals surface area contributed by atoms with E-state index in [1.807, 2.05) is 24.5 Å². The summed E-state index contributed by atoms with van der Waals surface area (Å²) in [5.74, 6) is 0. The monoisotopic (exact) mass is 315 g/mol. The van der Waals surface area contributed by atoms with E-state index in [0.717, 1.165) is 22.3 Å². The molecule has 0 bridgehead atoms. The van der Waals surface area contributed by atoms with Crippen LogP contribution in [-0.4, -0.2) is 0 Å². The smallest absolute Gasteiger partial charge is 0.134 e. The maximum absolute atomic E-state index is 5.53. The lowest BCUT2D eigenvalue weighted by Crippen LogP contribution is -1.98. The summed E-state index contributed by atoms with van der Waals surface area (Å²) in [6.07, 6.45) is 1.82. The molecule has 0 radical (unpaired) electrons. The maximum atomic E-state index is 5.53. The van der Waals surface area contributed by atoms with E-state index in [1.165, 1.54) is 16.5 Å². The highest BCUT2D eigenvalue weighted by molar-refractivity contribution is 9.10. The van der Waals surface area contributed by atoms with Crippen molar-refractivity contribution in [2.45, 2.75) is 13.5 Å². The highest BCUT2D eigenvalue weighted by Crippen LogP contribution is 2.23. The second kappa shape index (κ2) is 5.10. The Morgan fingerprint density at radius 3 is 2.84 bits per heavy atom. The van der Waals surface area contributed by atoms with Crippen LogP contribution in [0.1, 0.15) is 11.1 Å². The first-order chi connectivity index (χ1) is 9.24. The first-order valence-corrected chi connectivity index (χ1v) is 6.98. The van der Waals surface area contributed by atoms with Crippen LogP contribution in [0.5, 0.6) is 0 Å². The molecule has 3 rings (SSSR count). The molecule has 96 valence electrons. The molecule has 2 aromatic carbocycles. The topological polar surface area (TPSA) is 25.2 Å². The van der Waals surface area contributed by atoms with Crippen molar-refractivity contribution >= 4 is 32.6 Å². The number of halogens is 1. The lowest BCUT2D eigenvalue weighted by Gasteiger charge is -2.07. The molecule has 1 heterocycles. The molecular formula is C16H14BrNO. The van der Waals surface area contributed by atoms with Gasteiger partial charge in [0.2, 0.25) is 0 Å². The maximum Gasteiger partial charge on any atom is 0.134 e. The molecule has 0 aliphatic heterocycles. The van der Waals surface area contributed by atoms with Gasteiger partial charge in [-0.2, -0.15) is 0 Å². The number of fused-ring (bicyclic) bond motifs is 1. The zero-order valence-electron chi connectivity index (χ0n) is 10.6. The van der Waals surface area contributed by atoms with Gasteiger partial charge >= 0.3 is 0 Å². The van der Waals surface area contributed by atoms with Crippen LogP contribution in [0.2, 0.25) is 0 Å². The molecule has 3 aromatic rings. The third kappa shape index (κ3) is 2.51. The van der Waals surface area contributed by atoms with Crippen molar-refractivity contribution < 1.29 is 4.42 Å². The minimum atomic E-state index is 0.762. The van der Waals surface area contributed by atoms with Gasteiger partial charge in [0.15, 0.2) is 0 Å². The zero-order valence-corrected chi connectivity index (χ0v) is 12.2. The lowest BCUT2D eigenvalue weighted by molar-refractivity contribution is 0.611. The van der Waals surface area contributed by atoms with Crippen LogP contribution >= 0.6 is 15.9 Å². The van der Waals surface area contributed by atoms with E-state index in [9.17, 15) is 0 Å². The minimum absolute atomic E-state index is 0.762. The van der Waals surface area contributed by atoms with Crippen LogP contribution in [0.25, 0.3) is 11.0 Å². The van der Waals surface area contributed by atoms with E-state index in [1.54, 1.807) is 0 Å². The Labute approximate surface area is 120 Å². The molecule has 0 aliphatic rings. The summed E-state index contributed by atoms with van der Waals surface area (Å²) in [6.45, 7) is 2.85. The average molecular weight is 316 g/mol. The predicted octanol–water partition coefficient (Wildman–Crippen LogP) is 5.12. The number of nitrogens with one attached hydrogen (secondary N) is 1. The number of rotatable bonds is 3. The van der Waals surface area contributed by atoms with Gasteiger partial charge in [0, 0.05) is 27.7 Å². The Bertz CT molecular complexity index is 718. The summed E-state index contributed by atoms with van der Waals surface area (Å²) in [5.41, 5.74) is 4.45. The second-order valence-corrected chi connectivity index (χ2v) is 5.43. The van der Waals surface area contributed by atoms with Crippen molar-refractivity contribution in [3.63, 3.8) is 0 Å². The summed E-state index contributed by atoms with van der Waals surface area (Å²) < 4.78 is 6.66. The molecule has 0 saturated heterocycles. The van der Waals surface area contributed by atoms with Crippen LogP contribution in [0, 0.1) is 6.92 Å². The molecule has 19 heavy (non-hydrogen) atoms. The van der Waals surface area contributed by atoms with Gasteiger partial charge in [-0.25, -0.2) is 0 Å². The van der Waals surface area contributed by atoms with E-state index >= 15 is 0 Å². The van der Waals surface area contributed by atoms with Crippen molar-refractivity contribution in [1.29, 1.82) is 0 Å². The Morgan fingerprint density at radius 2 is 2.00 bits per heavy atom. The fourth-order valence-electron chi connectivity index (χ4n) is 2.12. The number of hydrogen-bond acceptors (Lipinski definition) is 2. The van der Waals surface area contributed by atoms with Crippen molar-refractivity contribution in [3.05, 3.63) is 64.3 Å². The second-order valence-electron chi connectivity index (χ2n) is 4.57. The molecular weight excluding hydrogens is 302 g/mol. The van der Waals surface area contributed by atoms with Gasteiger partial charge in [0.25, 0.3) is 0 Å². The minimum Gasteiger partial charge on any atom is -0.464 e. The molecule has 0 spiro atoms. The molecule has 1 N–H and O–H groups in total. The van der Waals surface area contributed by atoms with Crippen LogP contribution in [-0.2, 0) is 6.54 Å². The van der Waals surface area contributed by atoms with Gasteiger partial charge in [0.05, 0.1) is 6.26 Å². The van der Waals surface area contributed by atoms with Crippen LogP contribution in [0.15, 0.2) is 57.6 Å². The quantitative estimate of drug-likeness (QED) is 0.726. The Balaban J connectivity index is 1.80. The van der Waals surface area contributed by atoms with E-state index in [-0.39, 0.29) is 0 Å². The highest BCUT2D eigenvalue weighted by Gasteiger charge is 2.04. The van der Waals surface area contributed by atoms with Crippen LogP contribution in [0.4, 0.5) is 5.69 Å². The van der Waals surface area contributed by atoms with Gasteiger partial charge in [-0.1, -0.05) is 34.1 Å². The van der Waals surface area contributed by atoms with Crippen molar-refractivity contribution in [3.8, 4) is 0 Å². The molecule has 0 fully saturated rings. The lowest BCUT2D eigenvalue weighted by atomic mass is 10.1.